The van der Waals surface area contributed by atoms with E-state index in [4.69, 9.17) is 9.15 Å². The topological polar surface area (TPSA) is 89.7 Å². The van der Waals surface area contributed by atoms with Crippen molar-refractivity contribution in [3.63, 3.8) is 0 Å². The monoisotopic (exact) mass is 307 g/mol. The lowest BCUT2D eigenvalue weighted by Crippen LogP contribution is -2.02. The van der Waals surface area contributed by atoms with Gasteiger partial charge in [0.25, 0.3) is 0 Å². The van der Waals surface area contributed by atoms with Crippen LogP contribution in [0.15, 0.2) is 47.1 Å². The Bertz CT molecular complexity index is 946. The summed E-state index contributed by atoms with van der Waals surface area (Å²) in [6.45, 7) is 2.07. The lowest BCUT2D eigenvalue weighted by molar-refractivity contribution is 0.287. The molecule has 0 unspecified atom stereocenters. The minimum atomic E-state index is 0.230. The molecule has 0 spiro atoms. The molecule has 3 aromatic heterocycles. The average Bonchev–Trinajstić information content (AvgIpc) is 3.23. The van der Waals surface area contributed by atoms with Gasteiger partial charge in [-0.15, -0.1) is 5.10 Å². The smallest absolute Gasteiger partial charge is 0.225 e. The number of rotatable bonds is 4. The van der Waals surface area contributed by atoms with E-state index in [9.17, 15) is 0 Å². The summed E-state index contributed by atoms with van der Waals surface area (Å²) in [5.74, 6) is 2.89. The Morgan fingerprint density at radius 2 is 2.00 bits per heavy atom. The predicted octanol–water partition coefficient (Wildman–Crippen LogP) is 2.90. The molecular weight excluding hydrogens is 294 g/mol. The van der Waals surface area contributed by atoms with Crippen LogP contribution in [0, 0.1) is 6.92 Å². The van der Waals surface area contributed by atoms with Gasteiger partial charge in [0.2, 0.25) is 11.7 Å². The van der Waals surface area contributed by atoms with Crippen molar-refractivity contribution < 1.29 is 9.15 Å². The van der Waals surface area contributed by atoms with Crippen LogP contribution in [0.2, 0.25) is 0 Å². The third kappa shape index (κ3) is 2.64. The number of benzene rings is 1. The van der Waals surface area contributed by atoms with Gasteiger partial charge in [0.1, 0.15) is 12.4 Å². The molecule has 7 nitrogen and oxygen atoms in total. The summed E-state index contributed by atoms with van der Waals surface area (Å²) in [6, 6.07) is 11.3. The fourth-order valence-corrected chi connectivity index (χ4v) is 2.28. The van der Waals surface area contributed by atoms with Crippen molar-refractivity contribution in [1.82, 2.24) is 25.1 Å². The van der Waals surface area contributed by atoms with Crippen LogP contribution in [0.1, 0.15) is 11.6 Å². The van der Waals surface area contributed by atoms with Gasteiger partial charge < -0.3 is 9.15 Å². The summed E-state index contributed by atoms with van der Waals surface area (Å²) < 4.78 is 11.1. The van der Waals surface area contributed by atoms with Gasteiger partial charge in [-0.1, -0.05) is 12.1 Å². The van der Waals surface area contributed by atoms with Gasteiger partial charge in [-0.2, -0.15) is 4.98 Å². The van der Waals surface area contributed by atoms with Crippen molar-refractivity contribution in [2.45, 2.75) is 13.5 Å². The summed E-state index contributed by atoms with van der Waals surface area (Å²) >= 11 is 0. The molecule has 0 atom stereocenters. The van der Waals surface area contributed by atoms with Crippen LogP contribution in [0.5, 0.6) is 5.88 Å². The number of aromatic nitrogens is 5. The van der Waals surface area contributed by atoms with Crippen LogP contribution in [0.4, 0.5) is 0 Å². The summed E-state index contributed by atoms with van der Waals surface area (Å²) in [6.07, 6.45) is 1.58. The highest BCUT2D eigenvalue weighted by atomic mass is 16.5. The summed E-state index contributed by atoms with van der Waals surface area (Å²) in [4.78, 5) is 13.1. The first-order valence-corrected chi connectivity index (χ1v) is 7.11. The average molecular weight is 307 g/mol. The van der Waals surface area contributed by atoms with Gasteiger partial charge in [-0.05, 0) is 31.2 Å². The number of nitrogens with zero attached hydrogens (tertiary/aromatic N) is 4. The van der Waals surface area contributed by atoms with Gasteiger partial charge >= 0.3 is 0 Å². The highest BCUT2D eigenvalue weighted by Crippen LogP contribution is 2.23. The number of para-hydroxylation sites is 1. The lowest BCUT2D eigenvalue weighted by atomic mass is 10.2. The molecule has 1 N–H and O–H groups in total. The number of ether oxygens (including phenoxy) is 1. The first kappa shape index (κ1) is 13.4. The molecule has 0 saturated carbocycles. The number of aryl methyl sites for hydroxylation is 1. The van der Waals surface area contributed by atoms with E-state index < -0.39 is 0 Å². The van der Waals surface area contributed by atoms with E-state index in [1.165, 1.54) is 0 Å². The SMILES string of the molecule is Cc1nc(OCc2nc(-c3ccco3)n[nH]2)c2ccccc2n1. The molecule has 0 amide bonds. The molecule has 0 saturated heterocycles. The highest BCUT2D eigenvalue weighted by molar-refractivity contribution is 5.83. The number of aromatic amines is 1. The van der Waals surface area contributed by atoms with E-state index in [-0.39, 0.29) is 6.61 Å². The normalized spacial score (nSPS) is 11.0. The number of hydrogen-bond donors (Lipinski definition) is 1. The Kier molecular flexibility index (Phi) is 3.23. The number of furan rings is 1. The van der Waals surface area contributed by atoms with Gasteiger partial charge in [0.15, 0.2) is 11.6 Å². The molecule has 4 rings (SSSR count). The molecule has 4 aromatic rings. The van der Waals surface area contributed by atoms with Crippen molar-refractivity contribution in [2.24, 2.45) is 0 Å². The van der Waals surface area contributed by atoms with E-state index in [0.29, 0.717) is 29.1 Å². The van der Waals surface area contributed by atoms with Crippen molar-refractivity contribution in [3.05, 3.63) is 54.3 Å². The van der Waals surface area contributed by atoms with Crippen LogP contribution in [0.3, 0.4) is 0 Å². The molecule has 0 aliphatic heterocycles. The van der Waals surface area contributed by atoms with Crippen LogP contribution in [-0.2, 0) is 6.61 Å². The summed E-state index contributed by atoms with van der Waals surface area (Å²) in [7, 11) is 0. The van der Waals surface area contributed by atoms with E-state index in [1.54, 1.807) is 18.4 Å². The third-order valence-corrected chi connectivity index (χ3v) is 3.30. The number of H-pyrrole nitrogens is 1. The standard InChI is InChI=1S/C16H13N5O2/c1-10-17-12-6-3-2-5-11(12)16(18-10)23-9-14-19-15(21-20-14)13-7-4-8-22-13/h2-8H,9H2,1H3,(H,19,20,21). The van der Waals surface area contributed by atoms with Gasteiger partial charge in [-0.3, -0.25) is 5.10 Å². The fourth-order valence-electron chi connectivity index (χ4n) is 2.28. The summed E-state index contributed by atoms with van der Waals surface area (Å²) in [5.41, 5.74) is 0.851. The largest absolute Gasteiger partial charge is 0.469 e. The Balaban J connectivity index is 1.58. The van der Waals surface area contributed by atoms with Gasteiger partial charge in [-0.25, -0.2) is 9.97 Å². The van der Waals surface area contributed by atoms with Crippen LogP contribution < -0.4 is 4.74 Å². The maximum Gasteiger partial charge on any atom is 0.225 e. The van der Waals surface area contributed by atoms with Crippen molar-refractivity contribution in [2.75, 3.05) is 0 Å². The summed E-state index contributed by atoms with van der Waals surface area (Å²) in [5, 5.41) is 7.81. The molecule has 0 radical (unpaired) electrons. The molecule has 0 fully saturated rings. The zero-order chi connectivity index (χ0) is 15.6. The second-order valence-electron chi connectivity index (χ2n) is 4.96. The number of fused-ring (bicyclic) bond motifs is 1. The van der Waals surface area contributed by atoms with E-state index in [0.717, 1.165) is 10.9 Å². The Labute approximate surface area is 131 Å². The second-order valence-corrected chi connectivity index (χ2v) is 4.96. The zero-order valence-corrected chi connectivity index (χ0v) is 12.4. The van der Waals surface area contributed by atoms with Gasteiger partial charge in [0, 0.05) is 0 Å². The van der Waals surface area contributed by atoms with E-state index >= 15 is 0 Å². The van der Waals surface area contributed by atoms with E-state index in [1.807, 2.05) is 31.2 Å². The first-order chi connectivity index (χ1) is 11.3. The minimum Gasteiger partial charge on any atom is -0.469 e. The maximum atomic E-state index is 5.80. The number of nitrogens with one attached hydrogen (secondary N) is 1. The first-order valence-electron chi connectivity index (χ1n) is 7.11. The molecule has 23 heavy (non-hydrogen) atoms. The molecule has 0 aliphatic rings. The fraction of sp³-hybridized carbons (Fsp3) is 0.125. The van der Waals surface area contributed by atoms with Crippen LogP contribution in [-0.4, -0.2) is 25.1 Å². The molecular formula is C16H13N5O2. The Hall–Kier alpha value is -3.22. The van der Waals surface area contributed by atoms with Crippen LogP contribution >= 0.6 is 0 Å². The maximum absolute atomic E-state index is 5.80. The molecule has 3 heterocycles. The molecule has 1 aromatic carbocycles. The number of hydrogen-bond acceptors (Lipinski definition) is 6. The van der Waals surface area contributed by atoms with Crippen molar-refractivity contribution in [1.29, 1.82) is 0 Å². The van der Waals surface area contributed by atoms with Crippen LogP contribution in [0.25, 0.3) is 22.5 Å². The lowest BCUT2D eigenvalue weighted by Gasteiger charge is -2.07. The van der Waals surface area contributed by atoms with Gasteiger partial charge in [0.05, 0.1) is 17.2 Å². The zero-order valence-electron chi connectivity index (χ0n) is 12.4. The Morgan fingerprint density at radius 1 is 1.09 bits per heavy atom. The Morgan fingerprint density at radius 3 is 2.87 bits per heavy atom. The quantitative estimate of drug-likeness (QED) is 0.623. The van der Waals surface area contributed by atoms with Crippen molar-refractivity contribution in [3.8, 4) is 17.5 Å². The molecule has 7 heteroatoms. The second kappa shape index (κ2) is 5.53. The third-order valence-electron chi connectivity index (χ3n) is 3.30. The van der Waals surface area contributed by atoms with Crippen molar-refractivity contribution >= 4 is 10.9 Å². The molecule has 0 aliphatic carbocycles. The van der Waals surface area contributed by atoms with E-state index in [2.05, 4.69) is 25.1 Å². The predicted molar refractivity (Wildman–Crippen MR) is 82.7 cm³/mol. The highest BCUT2D eigenvalue weighted by Gasteiger charge is 2.11. The molecule has 0 bridgehead atoms. The minimum absolute atomic E-state index is 0.230. The molecule has 114 valence electrons.